The second kappa shape index (κ2) is 8.46. The van der Waals surface area contributed by atoms with Crippen LogP contribution in [0, 0.1) is 0 Å². The lowest BCUT2D eigenvalue weighted by molar-refractivity contribution is -0.114. The number of hydrogen-bond donors (Lipinski definition) is 0. The summed E-state index contributed by atoms with van der Waals surface area (Å²) in [6.07, 6.45) is 5.08. The van der Waals surface area contributed by atoms with Crippen LogP contribution in [0.15, 0.2) is 83.5 Å². The van der Waals surface area contributed by atoms with Gasteiger partial charge in [0.15, 0.2) is 0 Å². The molecule has 0 saturated heterocycles. The van der Waals surface area contributed by atoms with Crippen LogP contribution in [0.3, 0.4) is 0 Å². The molecule has 0 saturated carbocycles. The third kappa shape index (κ3) is 4.35. The summed E-state index contributed by atoms with van der Waals surface area (Å²) in [7, 11) is 0. The smallest absolute Gasteiger partial charge is 0.251 e. The van der Waals surface area contributed by atoms with Crippen LogP contribution in [0.4, 0.5) is 5.69 Å². The van der Waals surface area contributed by atoms with Gasteiger partial charge in [0.2, 0.25) is 0 Å². The highest BCUT2D eigenvalue weighted by atomic mass is 79.9. The number of amides is 1. The number of nitrogens with zero attached hydrogens (tertiary/aromatic N) is 3. The van der Waals surface area contributed by atoms with Crippen LogP contribution >= 0.6 is 27.3 Å². The molecule has 0 atom stereocenters. The lowest BCUT2D eigenvalue weighted by Crippen LogP contribution is -2.29. The van der Waals surface area contributed by atoms with E-state index in [0.29, 0.717) is 6.54 Å². The van der Waals surface area contributed by atoms with Gasteiger partial charge in [0.05, 0.1) is 22.5 Å². The molecule has 2 aromatic heterocycles. The monoisotopic (exact) mass is 449 g/mol. The van der Waals surface area contributed by atoms with Crippen molar-refractivity contribution < 1.29 is 4.79 Å². The Balaban J connectivity index is 1.60. The van der Waals surface area contributed by atoms with E-state index in [-0.39, 0.29) is 5.91 Å². The summed E-state index contributed by atoms with van der Waals surface area (Å²) >= 11 is 5.01. The normalized spacial score (nSPS) is 11.2. The number of thiazole rings is 1. The highest BCUT2D eigenvalue weighted by Crippen LogP contribution is 2.24. The van der Waals surface area contributed by atoms with Crippen LogP contribution in [0.25, 0.3) is 16.3 Å². The number of carbonyl (C=O) groups is 1. The number of fused-ring (bicyclic) bond motifs is 1. The third-order valence-corrected chi connectivity index (χ3v) is 5.66. The highest BCUT2D eigenvalue weighted by Gasteiger charge is 2.15. The molecule has 0 aliphatic rings. The van der Waals surface area contributed by atoms with Crippen molar-refractivity contribution in [2.75, 3.05) is 4.90 Å². The van der Waals surface area contributed by atoms with Gasteiger partial charge in [-0.2, -0.15) is 0 Å². The largest absolute Gasteiger partial charge is 0.303 e. The van der Waals surface area contributed by atoms with Gasteiger partial charge in [-0.15, -0.1) is 11.3 Å². The molecule has 0 bridgehead atoms. The molecule has 2 heterocycles. The Bertz CT molecular complexity index is 1090. The standard InChI is InChI=1S/C22H16BrN3OS/c23-16-8-10-18(11-9-16)26(15-17-5-3-4-14-24-17)22(27)13-12-21-25-19-6-1-2-7-20(19)28-21/h1-14H,15H2. The molecule has 0 spiro atoms. The van der Waals surface area contributed by atoms with Gasteiger partial charge in [-0.05, 0) is 54.6 Å². The number of anilines is 1. The van der Waals surface area contributed by atoms with Crippen molar-refractivity contribution in [2.45, 2.75) is 6.54 Å². The minimum absolute atomic E-state index is 0.118. The first-order valence-electron chi connectivity index (χ1n) is 8.70. The molecule has 28 heavy (non-hydrogen) atoms. The molecule has 0 aliphatic heterocycles. The Hall–Kier alpha value is -2.83. The molecule has 4 nitrogen and oxygen atoms in total. The fraction of sp³-hybridized carbons (Fsp3) is 0.0455. The second-order valence-electron chi connectivity index (χ2n) is 6.08. The number of benzene rings is 2. The summed E-state index contributed by atoms with van der Waals surface area (Å²) in [6.45, 7) is 0.394. The first-order chi connectivity index (χ1) is 13.7. The Morgan fingerprint density at radius 1 is 1.04 bits per heavy atom. The molecular weight excluding hydrogens is 434 g/mol. The zero-order valence-electron chi connectivity index (χ0n) is 14.8. The number of rotatable bonds is 5. The van der Waals surface area contributed by atoms with Crippen LogP contribution in [0.5, 0.6) is 0 Å². The maximum absolute atomic E-state index is 13.0. The number of halogens is 1. The summed E-state index contributed by atoms with van der Waals surface area (Å²) in [5.41, 5.74) is 2.58. The third-order valence-electron chi connectivity index (χ3n) is 4.13. The molecule has 0 aliphatic carbocycles. The lowest BCUT2D eigenvalue weighted by Gasteiger charge is -2.21. The molecule has 4 rings (SSSR count). The molecule has 0 fully saturated rings. The number of hydrogen-bond acceptors (Lipinski definition) is 4. The number of para-hydroxylation sites is 1. The maximum Gasteiger partial charge on any atom is 0.251 e. The molecule has 1 amide bonds. The molecular formula is C22H16BrN3OS. The fourth-order valence-corrected chi connectivity index (χ4v) is 3.90. The maximum atomic E-state index is 13.0. The van der Waals surface area contributed by atoms with Crippen molar-refractivity contribution in [3.05, 3.63) is 94.2 Å². The predicted octanol–water partition coefficient (Wildman–Crippen LogP) is 5.70. The highest BCUT2D eigenvalue weighted by molar-refractivity contribution is 9.10. The average Bonchev–Trinajstić information content (AvgIpc) is 3.15. The van der Waals surface area contributed by atoms with E-state index in [4.69, 9.17) is 0 Å². The van der Waals surface area contributed by atoms with Crippen LogP contribution < -0.4 is 4.90 Å². The predicted molar refractivity (Wildman–Crippen MR) is 118 cm³/mol. The average molecular weight is 450 g/mol. The SMILES string of the molecule is O=C(C=Cc1nc2ccccc2s1)N(Cc1ccccn1)c1ccc(Br)cc1. The molecule has 138 valence electrons. The summed E-state index contributed by atoms with van der Waals surface area (Å²) in [5, 5.41) is 0.808. The van der Waals surface area contributed by atoms with E-state index in [1.165, 1.54) is 0 Å². The summed E-state index contributed by atoms with van der Waals surface area (Å²) in [4.78, 5) is 23.6. The summed E-state index contributed by atoms with van der Waals surface area (Å²) < 4.78 is 2.07. The first kappa shape index (κ1) is 18.5. The second-order valence-corrected chi connectivity index (χ2v) is 8.05. The molecule has 0 unspecified atom stereocenters. The molecule has 2 aromatic carbocycles. The van der Waals surface area contributed by atoms with E-state index < -0.39 is 0 Å². The molecule has 0 N–H and O–H groups in total. The topological polar surface area (TPSA) is 46.1 Å². The molecule has 0 radical (unpaired) electrons. The first-order valence-corrected chi connectivity index (χ1v) is 10.3. The van der Waals surface area contributed by atoms with Crippen molar-refractivity contribution >= 4 is 55.2 Å². The van der Waals surface area contributed by atoms with E-state index in [1.54, 1.807) is 34.6 Å². The molecule has 4 aromatic rings. The van der Waals surface area contributed by atoms with Crippen molar-refractivity contribution in [3.63, 3.8) is 0 Å². The Kier molecular flexibility index (Phi) is 5.60. The van der Waals surface area contributed by atoms with Crippen molar-refractivity contribution in [1.29, 1.82) is 0 Å². The van der Waals surface area contributed by atoms with Crippen molar-refractivity contribution in [2.24, 2.45) is 0 Å². The van der Waals surface area contributed by atoms with Gasteiger partial charge >= 0.3 is 0 Å². The zero-order valence-corrected chi connectivity index (χ0v) is 17.2. The van der Waals surface area contributed by atoms with E-state index >= 15 is 0 Å². The minimum Gasteiger partial charge on any atom is -0.303 e. The fourth-order valence-electron chi connectivity index (χ4n) is 2.77. The van der Waals surface area contributed by atoms with Crippen LogP contribution in [0.2, 0.25) is 0 Å². The van der Waals surface area contributed by atoms with Crippen LogP contribution in [0.1, 0.15) is 10.7 Å². The van der Waals surface area contributed by atoms with Gasteiger partial charge in [-0.25, -0.2) is 4.98 Å². The Morgan fingerprint density at radius 3 is 2.57 bits per heavy atom. The van der Waals surface area contributed by atoms with E-state index in [0.717, 1.165) is 31.1 Å². The van der Waals surface area contributed by atoms with Gasteiger partial charge in [-0.3, -0.25) is 9.78 Å². The van der Waals surface area contributed by atoms with Crippen molar-refractivity contribution in [1.82, 2.24) is 9.97 Å². The van der Waals surface area contributed by atoms with Crippen LogP contribution in [-0.2, 0) is 11.3 Å². The molecule has 6 heteroatoms. The van der Waals surface area contributed by atoms with E-state index in [2.05, 4.69) is 25.9 Å². The van der Waals surface area contributed by atoms with E-state index in [1.807, 2.05) is 66.7 Å². The van der Waals surface area contributed by atoms with Crippen LogP contribution in [-0.4, -0.2) is 15.9 Å². The van der Waals surface area contributed by atoms with Gasteiger partial charge in [0, 0.05) is 22.4 Å². The lowest BCUT2D eigenvalue weighted by atomic mass is 10.2. The summed E-state index contributed by atoms with van der Waals surface area (Å²) in [5.74, 6) is -0.118. The Labute approximate surface area is 175 Å². The Morgan fingerprint density at radius 2 is 1.82 bits per heavy atom. The minimum atomic E-state index is -0.118. The number of aromatic nitrogens is 2. The van der Waals surface area contributed by atoms with Gasteiger partial charge in [0.1, 0.15) is 5.01 Å². The quantitative estimate of drug-likeness (QED) is 0.367. The number of carbonyl (C=O) groups excluding carboxylic acids is 1. The van der Waals surface area contributed by atoms with Crippen molar-refractivity contribution in [3.8, 4) is 0 Å². The summed E-state index contributed by atoms with van der Waals surface area (Å²) in [6, 6.07) is 21.3. The van der Waals surface area contributed by atoms with Gasteiger partial charge in [-0.1, -0.05) is 34.1 Å². The van der Waals surface area contributed by atoms with Gasteiger partial charge in [0.25, 0.3) is 5.91 Å². The van der Waals surface area contributed by atoms with E-state index in [9.17, 15) is 4.79 Å². The zero-order chi connectivity index (χ0) is 19.3. The number of pyridine rings is 1. The van der Waals surface area contributed by atoms with Gasteiger partial charge < -0.3 is 4.90 Å².